The zero-order valence-corrected chi connectivity index (χ0v) is 18.7. The van der Waals surface area contributed by atoms with Gasteiger partial charge in [-0.25, -0.2) is 4.98 Å². The van der Waals surface area contributed by atoms with Crippen LogP contribution in [0.2, 0.25) is 0 Å². The van der Waals surface area contributed by atoms with Gasteiger partial charge in [0.15, 0.2) is 23.0 Å². The first kappa shape index (κ1) is 21.4. The molecule has 1 aliphatic heterocycles. The fourth-order valence-corrected chi connectivity index (χ4v) is 3.68. The fraction of sp³-hybridized carbons (Fsp3) is 0.200. The normalized spacial score (nSPS) is 12.3. The van der Waals surface area contributed by atoms with Crippen molar-refractivity contribution in [3.8, 4) is 28.7 Å². The van der Waals surface area contributed by atoms with E-state index in [1.165, 1.54) is 7.11 Å². The maximum absolute atomic E-state index is 13.0. The molecule has 0 unspecified atom stereocenters. The number of benzene rings is 2. The van der Waals surface area contributed by atoms with Crippen LogP contribution in [0.15, 0.2) is 60.9 Å². The number of rotatable bonds is 7. The molecule has 0 radical (unpaired) electrons. The van der Waals surface area contributed by atoms with Crippen molar-refractivity contribution in [3.63, 3.8) is 0 Å². The van der Waals surface area contributed by atoms with Gasteiger partial charge < -0.3 is 33.4 Å². The lowest BCUT2D eigenvalue weighted by molar-refractivity contribution is 0.102. The molecule has 1 amide bonds. The Morgan fingerprint density at radius 3 is 2.71 bits per heavy atom. The number of ether oxygens (including phenoxy) is 5. The van der Waals surface area contributed by atoms with E-state index in [4.69, 9.17) is 23.7 Å². The molecule has 5 rings (SSSR count). The minimum atomic E-state index is -0.327. The number of hydrogen-bond acceptors (Lipinski definition) is 7. The van der Waals surface area contributed by atoms with Crippen LogP contribution in [0, 0.1) is 0 Å². The van der Waals surface area contributed by atoms with Crippen LogP contribution in [0.25, 0.3) is 5.65 Å². The second-order valence-electron chi connectivity index (χ2n) is 7.51. The van der Waals surface area contributed by atoms with Crippen LogP contribution >= 0.6 is 0 Å². The maximum Gasteiger partial charge on any atom is 0.255 e. The molecule has 0 aliphatic carbocycles. The number of aromatic nitrogens is 2. The van der Waals surface area contributed by atoms with Crippen LogP contribution in [-0.2, 0) is 6.61 Å². The molecule has 4 aromatic rings. The summed E-state index contributed by atoms with van der Waals surface area (Å²) in [6.07, 6.45) is 3.83. The van der Waals surface area contributed by atoms with Crippen LogP contribution < -0.4 is 29.0 Å². The summed E-state index contributed by atoms with van der Waals surface area (Å²) in [4.78, 5) is 17.5. The molecule has 3 heterocycles. The van der Waals surface area contributed by atoms with E-state index in [0.29, 0.717) is 53.2 Å². The molecule has 2 aromatic carbocycles. The second kappa shape index (κ2) is 9.22. The van der Waals surface area contributed by atoms with Crippen molar-refractivity contribution in [3.05, 3.63) is 72.2 Å². The van der Waals surface area contributed by atoms with E-state index in [2.05, 4.69) is 10.3 Å². The van der Waals surface area contributed by atoms with Crippen molar-refractivity contribution in [2.45, 2.75) is 6.61 Å². The summed E-state index contributed by atoms with van der Waals surface area (Å²) < 4.78 is 29.9. The second-order valence-corrected chi connectivity index (χ2v) is 7.51. The molecule has 9 heteroatoms. The van der Waals surface area contributed by atoms with Crippen LogP contribution in [0.3, 0.4) is 0 Å². The number of imidazole rings is 1. The molecule has 0 atom stereocenters. The Morgan fingerprint density at radius 2 is 1.88 bits per heavy atom. The van der Waals surface area contributed by atoms with Crippen LogP contribution in [0.5, 0.6) is 28.7 Å². The summed E-state index contributed by atoms with van der Waals surface area (Å²) in [5.74, 6) is 2.11. The number of nitrogens with zero attached hydrogens (tertiary/aromatic N) is 2. The van der Waals surface area contributed by atoms with E-state index in [1.807, 2.05) is 35.0 Å². The summed E-state index contributed by atoms with van der Waals surface area (Å²) >= 11 is 0. The van der Waals surface area contributed by atoms with E-state index in [9.17, 15) is 4.79 Å². The monoisotopic (exact) mass is 461 g/mol. The first-order valence-electron chi connectivity index (χ1n) is 10.7. The minimum absolute atomic E-state index is 0.245. The first-order chi connectivity index (χ1) is 16.6. The molecular weight excluding hydrogens is 438 g/mol. The van der Waals surface area contributed by atoms with E-state index in [1.54, 1.807) is 37.4 Å². The summed E-state index contributed by atoms with van der Waals surface area (Å²) in [7, 11) is 3.08. The summed E-state index contributed by atoms with van der Waals surface area (Å²) in [6.45, 7) is 1.08. The number of anilines is 1. The van der Waals surface area contributed by atoms with Gasteiger partial charge in [-0.2, -0.15) is 0 Å². The topological polar surface area (TPSA) is 92.6 Å². The van der Waals surface area contributed by atoms with Gasteiger partial charge in [-0.15, -0.1) is 0 Å². The molecule has 0 bridgehead atoms. The SMILES string of the molecule is COc1ccc(NC(=O)c2cc(OC)c3c(c2)OCCO3)cc1OCc1cn2ccccc2n1. The van der Waals surface area contributed by atoms with Crippen LogP contribution in [0.4, 0.5) is 5.69 Å². The Hall–Kier alpha value is -4.40. The molecule has 2 aromatic heterocycles. The maximum atomic E-state index is 13.0. The van der Waals surface area contributed by atoms with Gasteiger partial charge in [0.25, 0.3) is 5.91 Å². The molecule has 0 saturated carbocycles. The Bertz CT molecular complexity index is 1300. The number of pyridine rings is 1. The molecule has 34 heavy (non-hydrogen) atoms. The Labute approximate surface area is 195 Å². The lowest BCUT2D eigenvalue weighted by Gasteiger charge is -2.21. The van der Waals surface area contributed by atoms with Crippen LogP contribution in [0.1, 0.15) is 16.1 Å². The number of amides is 1. The predicted molar refractivity (Wildman–Crippen MR) is 124 cm³/mol. The third kappa shape index (κ3) is 4.27. The smallest absolute Gasteiger partial charge is 0.255 e. The first-order valence-corrected chi connectivity index (χ1v) is 10.7. The summed E-state index contributed by atoms with van der Waals surface area (Å²) in [5.41, 5.74) is 2.53. The highest BCUT2D eigenvalue weighted by atomic mass is 16.6. The quantitative estimate of drug-likeness (QED) is 0.445. The Kier molecular flexibility index (Phi) is 5.82. The van der Waals surface area contributed by atoms with E-state index in [0.717, 1.165) is 11.3 Å². The lowest BCUT2D eigenvalue weighted by Crippen LogP contribution is -2.18. The standard InChI is InChI=1S/C25H23N3O6/c1-30-19-7-6-17(13-20(19)34-15-18-14-28-8-4-3-5-23(28)26-18)27-25(29)16-11-21(31-2)24-22(12-16)32-9-10-33-24/h3-8,11-14H,9-10,15H2,1-2H3,(H,27,29). The van der Waals surface area contributed by atoms with Gasteiger partial charge in [-0.1, -0.05) is 6.07 Å². The zero-order valence-electron chi connectivity index (χ0n) is 18.7. The molecule has 0 saturated heterocycles. The molecule has 9 nitrogen and oxygen atoms in total. The number of methoxy groups -OCH3 is 2. The molecule has 1 N–H and O–H groups in total. The van der Waals surface area contributed by atoms with E-state index >= 15 is 0 Å². The summed E-state index contributed by atoms with van der Waals surface area (Å²) in [5, 5.41) is 2.88. The van der Waals surface area contributed by atoms with Crippen LogP contribution in [-0.4, -0.2) is 42.7 Å². The Morgan fingerprint density at radius 1 is 1.03 bits per heavy atom. The van der Waals surface area contributed by atoms with Crippen molar-refractivity contribution >= 4 is 17.2 Å². The fourth-order valence-electron chi connectivity index (χ4n) is 3.68. The van der Waals surface area contributed by atoms with Gasteiger partial charge in [-0.05, 0) is 36.4 Å². The largest absolute Gasteiger partial charge is 0.493 e. The minimum Gasteiger partial charge on any atom is -0.493 e. The molecule has 1 aliphatic rings. The number of hydrogen-bond donors (Lipinski definition) is 1. The molecular formula is C25H23N3O6. The number of fused-ring (bicyclic) bond motifs is 2. The summed E-state index contributed by atoms with van der Waals surface area (Å²) in [6, 6.07) is 14.2. The average molecular weight is 461 g/mol. The number of carbonyl (C=O) groups is 1. The molecule has 0 spiro atoms. The van der Waals surface area contributed by atoms with Crippen molar-refractivity contribution in [1.82, 2.24) is 9.38 Å². The van der Waals surface area contributed by atoms with Gasteiger partial charge in [0, 0.05) is 29.7 Å². The number of carbonyl (C=O) groups excluding carboxylic acids is 1. The number of nitrogens with one attached hydrogen (secondary N) is 1. The van der Waals surface area contributed by atoms with Gasteiger partial charge in [0.1, 0.15) is 25.5 Å². The van der Waals surface area contributed by atoms with Crippen molar-refractivity contribution in [1.29, 1.82) is 0 Å². The highest BCUT2D eigenvalue weighted by Crippen LogP contribution is 2.40. The molecule has 174 valence electrons. The van der Waals surface area contributed by atoms with Crippen molar-refractivity contribution < 1.29 is 28.5 Å². The van der Waals surface area contributed by atoms with Crippen molar-refractivity contribution in [2.24, 2.45) is 0 Å². The van der Waals surface area contributed by atoms with E-state index < -0.39 is 0 Å². The lowest BCUT2D eigenvalue weighted by atomic mass is 10.1. The Balaban J connectivity index is 1.34. The third-order valence-corrected chi connectivity index (χ3v) is 5.30. The predicted octanol–water partition coefficient (Wildman–Crippen LogP) is 3.95. The van der Waals surface area contributed by atoms with Gasteiger partial charge in [0.2, 0.25) is 5.75 Å². The average Bonchev–Trinajstić information content (AvgIpc) is 3.30. The van der Waals surface area contributed by atoms with Gasteiger partial charge in [-0.3, -0.25) is 4.79 Å². The van der Waals surface area contributed by atoms with Gasteiger partial charge >= 0.3 is 0 Å². The third-order valence-electron chi connectivity index (χ3n) is 5.30. The zero-order chi connectivity index (χ0) is 23.5. The van der Waals surface area contributed by atoms with E-state index in [-0.39, 0.29) is 12.5 Å². The highest BCUT2D eigenvalue weighted by Gasteiger charge is 2.21. The van der Waals surface area contributed by atoms with Gasteiger partial charge in [0.05, 0.1) is 19.9 Å². The molecule has 0 fully saturated rings. The highest BCUT2D eigenvalue weighted by molar-refractivity contribution is 6.05. The van der Waals surface area contributed by atoms with Crippen molar-refractivity contribution in [2.75, 3.05) is 32.8 Å².